The van der Waals surface area contributed by atoms with E-state index in [4.69, 9.17) is 5.73 Å². The van der Waals surface area contributed by atoms with Crippen molar-refractivity contribution in [3.05, 3.63) is 35.9 Å². The summed E-state index contributed by atoms with van der Waals surface area (Å²) in [6, 6.07) is 10.6. The lowest BCUT2D eigenvalue weighted by Crippen LogP contribution is -2.36. The van der Waals surface area contributed by atoms with Crippen molar-refractivity contribution in [1.82, 2.24) is 10.2 Å². The van der Waals surface area contributed by atoms with Gasteiger partial charge in [0.2, 0.25) is 5.91 Å². The van der Waals surface area contributed by atoms with Crippen LogP contribution in [0.2, 0.25) is 0 Å². The second-order valence-electron chi connectivity index (χ2n) is 5.55. The molecule has 20 heavy (non-hydrogen) atoms. The van der Waals surface area contributed by atoms with E-state index in [1.54, 1.807) is 0 Å². The van der Waals surface area contributed by atoms with Crippen molar-refractivity contribution in [2.45, 2.75) is 25.8 Å². The molecule has 0 unspecified atom stereocenters. The Kier molecular flexibility index (Phi) is 6.02. The fourth-order valence-corrected chi connectivity index (χ4v) is 2.76. The number of benzene rings is 1. The van der Waals surface area contributed by atoms with Crippen LogP contribution in [0, 0.1) is 5.92 Å². The lowest BCUT2D eigenvalue weighted by Gasteiger charge is -2.32. The van der Waals surface area contributed by atoms with Crippen LogP contribution in [-0.4, -0.2) is 37.0 Å². The van der Waals surface area contributed by atoms with E-state index in [-0.39, 0.29) is 12.5 Å². The number of piperidine rings is 1. The van der Waals surface area contributed by atoms with Crippen molar-refractivity contribution in [2.75, 3.05) is 26.2 Å². The van der Waals surface area contributed by atoms with Crippen molar-refractivity contribution >= 4 is 5.91 Å². The maximum Gasteiger partial charge on any atom is 0.233 e. The molecule has 1 aliphatic rings. The van der Waals surface area contributed by atoms with Gasteiger partial charge in [-0.2, -0.15) is 0 Å². The first-order valence-electron chi connectivity index (χ1n) is 7.51. The van der Waals surface area contributed by atoms with Crippen LogP contribution in [0.5, 0.6) is 0 Å². The summed E-state index contributed by atoms with van der Waals surface area (Å²) in [6.45, 7) is 4.22. The number of likely N-dealkylation sites (tertiary alicyclic amines) is 1. The number of amides is 1. The minimum absolute atomic E-state index is 0.0495. The Morgan fingerprint density at radius 1 is 1.25 bits per heavy atom. The number of nitrogens with two attached hydrogens (primary N) is 1. The summed E-state index contributed by atoms with van der Waals surface area (Å²) < 4.78 is 0. The molecule has 0 radical (unpaired) electrons. The van der Waals surface area contributed by atoms with E-state index in [9.17, 15) is 4.79 Å². The quantitative estimate of drug-likeness (QED) is 0.824. The SMILES string of the molecule is NCC(=O)NCCC1CCN(Cc2ccccc2)CC1. The molecular weight excluding hydrogens is 250 g/mol. The highest BCUT2D eigenvalue weighted by Crippen LogP contribution is 2.21. The number of hydrogen-bond donors (Lipinski definition) is 2. The molecule has 1 aromatic carbocycles. The molecule has 0 bridgehead atoms. The molecule has 4 nitrogen and oxygen atoms in total. The van der Waals surface area contributed by atoms with Gasteiger partial charge in [0.25, 0.3) is 0 Å². The number of rotatable bonds is 6. The van der Waals surface area contributed by atoms with E-state index in [0.29, 0.717) is 0 Å². The molecule has 2 rings (SSSR count). The molecule has 1 aliphatic heterocycles. The molecule has 1 saturated heterocycles. The zero-order valence-corrected chi connectivity index (χ0v) is 12.1. The Morgan fingerprint density at radius 3 is 2.60 bits per heavy atom. The zero-order valence-electron chi connectivity index (χ0n) is 12.1. The fraction of sp³-hybridized carbons (Fsp3) is 0.562. The van der Waals surface area contributed by atoms with Gasteiger partial charge in [0.1, 0.15) is 0 Å². The molecule has 1 aromatic rings. The monoisotopic (exact) mass is 275 g/mol. The van der Waals surface area contributed by atoms with Gasteiger partial charge >= 0.3 is 0 Å². The molecular formula is C16H25N3O. The molecule has 1 amide bonds. The number of nitrogens with zero attached hydrogens (tertiary/aromatic N) is 1. The molecule has 1 heterocycles. The third kappa shape index (κ3) is 4.94. The Hall–Kier alpha value is -1.39. The first-order valence-corrected chi connectivity index (χ1v) is 7.51. The van der Waals surface area contributed by atoms with Crippen LogP contribution in [0.1, 0.15) is 24.8 Å². The van der Waals surface area contributed by atoms with Crippen LogP contribution in [0.15, 0.2) is 30.3 Å². The summed E-state index contributed by atoms with van der Waals surface area (Å²) >= 11 is 0. The predicted molar refractivity (Wildman–Crippen MR) is 81.1 cm³/mol. The van der Waals surface area contributed by atoms with Gasteiger partial charge in [-0.1, -0.05) is 30.3 Å². The summed E-state index contributed by atoms with van der Waals surface area (Å²) in [6.07, 6.45) is 3.53. The molecule has 3 N–H and O–H groups in total. The first kappa shape index (κ1) is 15.0. The van der Waals surface area contributed by atoms with E-state index in [0.717, 1.165) is 38.5 Å². The third-order valence-electron chi connectivity index (χ3n) is 4.02. The Bertz CT molecular complexity index is 399. The minimum atomic E-state index is -0.0495. The molecule has 0 aromatic heterocycles. The van der Waals surface area contributed by atoms with Gasteiger partial charge in [0.15, 0.2) is 0 Å². The predicted octanol–water partition coefficient (Wildman–Crippen LogP) is 1.36. The van der Waals surface area contributed by atoms with Crippen molar-refractivity contribution in [2.24, 2.45) is 11.7 Å². The number of hydrogen-bond acceptors (Lipinski definition) is 3. The summed E-state index contributed by atoms with van der Waals surface area (Å²) in [7, 11) is 0. The minimum Gasteiger partial charge on any atom is -0.355 e. The molecule has 0 saturated carbocycles. The highest BCUT2D eigenvalue weighted by Gasteiger charge is 2.18. The maximum atomic E-state index is 11.1. The molecule has 4 heteroatoms. The average molecular weight is 275 g/mol. The fourth-order valence-electron chi connectivity index (χ4n) is 2.76. The van der Waals surface area contributed by atoms with E-state index in [2.05, 4.69) is 40.5 Å². The van der Waals surface area contributed by atoms with Crippen LogP contribution in [-0.2, 0) is 11.3 Å². The molecule has 0 atom stereocenters. The van der Waals surface area contributed by atoms with Crippen LogP contribution in [0.25, 0.3) is 0 Å². The van der Waals surface area contributed by atoms with Crippen molar-refractivity contribution < 1.29 is 4.79 Å². The van der Waals surface area contributed by atoms with Crippen LogP contribution < -0.4 is 11.1 Å². The molecule has 0 aliphatic carbocycles. The normalized spacial score (nSPS) is 17.1. The van der Waals surface area contributed by atoms with E-state index >= 15 is 0 Å². The summed E-state index contributed by atoms with van der Waals surface area (Å²) in [5.74, 6) is 0.687. The number of nitrogens with one attached hydrogen (secondary N) is 1. The topological polar surface area (TPSA) is 58.4 Å². The molecule has 1 fully saturated rings. The third-order valence-corrected chi connectivity index (χ3v) is 4.02. The van der Waals surface area contributed by atoms with Gasteiger partial charge in [0.05, 0.1) is 6.54 Å². The van der Waals surface area contributed by atoms with Crippen molar-refractivity contribution in [3.63, 3.8) is 0 Å². The summed E-state index contributed by atoms with van der Waals surface area (Å²) in [5.41, 5.74) is 6.65. The van der Waals surface area contributed by atoms with Crippen LogP contribution in [0.4, 0.5) is 0 Å². The van der Waals surface area contributed by atoms with Gasteiger partial charge in [0, 0.05) is 13.1 Å². The average Bonchev–Trinajstić information content (AvgIpc) is 2.50. The second kappa shape index (κ2) is 8.02. The number of carbonyl (C=O) groups excluding carboxylic acids is 1. The van der Waals surface area contributed by atoms with Crippen molar-refractivity contribution in [1.29, 1.82) is 0 Å². The van der Waals surface area contributed by atoms with Crippen LogP contribution >= 0.6 is 0 Å². The molecule has 110 valence electrons. The van der Waals surface area contributed by atoms with Gasteiger partial charge < -0.3 is 11.1 Å². The highest BCUT2D eigenvalue weighted by molar-refractivity contribution is 5.77. The van der Waals surface area contributed by atoms with Gasteiger partial charge in [-0.3, -0.25) is 9.69 Å². The summed E-state index contributed by atoms with van der Waals surface area (Å²) in [5, 5.41) is 2.85. The van der Waals surface area contributed by atoms with E-state index in [1.165, 1.54) is 18.4 Å². The second-order valence-corrected chi connectivity index (χ2v) is 5.55. The van der Waals surface area contributed by atoms with Crippen molar-refractivity contribution in [3.8, 4) is 0 Å². The standard InChI is InChI=1S/C16H25N3O/c17-12-16(20)18-9-6-14-7-10-19(11-8-14)13-15-4-2-1-3-5-15/h1-5,14H,6-13,17H2,(H,18,20). The lowest BCUT2D eigenvalue weighted by molar-refractivity contribution is -0.119. The number of carbonyl (C=O) groups is 1. The highest BCUT2D eigenvalue weighted by atomic mass is 16.1. The van der Waals surface area contributed by atoms with Crippen LogP contribution in [0.3, 0.4) is 0 Å². The molecule has 0 spiro atoms. The first-order chi connectivity index (χ1) is 9.78. The smallest absolute Gasteiger partial charge is 0.233 e. The lowest BCUT2D eigenvalue weighted by atomic mass is 9.93. The zero-order chi connectivity index (χ0) is 14.2. The summed E-state index contributed by atoms with van der Waals surface area (Å²) in [4.78, 5) is 13.6. The van der Waals surface area contributed by atoms with E-state index in [1.807, 2.05) is 0 Å². The van der Waals surface area contributed by atoms with Gasteiger partial charge in [-0.25, -0.2) is 0 Å². The Morgan fingerprint density at radius 2 is 1.95 bits per heavy atom. The maximum absolute atomic E-state index is 11.1. The Labute approximate surface area is 121 Å². The Balaban J connectivity index is 1.64. The van der Waals surface area contributed by atoms with Gasteiger partial charge in [-0.05, 0) is 43.8 Å². The largest absolute Gasteiger partial charge is 0.355 e. The van der Waals surface area contributed by atoms with Gasteiger partial charge in [-0.15, -0.1) is 0 Å². The van der Waals surface area contributed by atoms with E-state index < -0.39 is 0 Å².